The molecule has 0 saturated carbocycles. The van der Waals surface area contributed by atoms with Gasteiger partial charge < -0.3 is 9.73 Å². The number of hydrogen-bond acceptors (Lipinski definition) is 3. The van der Waals surface area contributed by atoms with Crippen LogP contribution in [-0.2, 0) is 6.54 Å². The van der Waals surface area contributed by atoms with Crippen molar-refractivity contribution in [2.24, 2.45) is 0 Å². The highest BCUT2D eigenvalue weighted by atomic mass is 79.9. The molecule has 0 amide bonds. The lowest BCUT2D eigenvalue weighted by atomic mass is 10.3. The molecule has 0 radical (unpaired) electrons. The number of hydrogen-bond donors (Lipinski definition) is 1. The lowest BCUT2D eigenvalue weighted by Crippen LogP contribution is -2.00. The molecule has 2 aromatic rings. The van der Waals surface area contributed by atoms with E-state index in [2.05, 4.69) is 42.2 Å². The molecule has 2 heterocycles. The summed E-state index contributed by atoms with van der Waals surface area (Å²) in [4.78, 5) is 4.20. The van der Waals surface area contributed by atoms with Crippen molar-refractivity contribution in [2.75, 3.05) is 5.32 Å². The van der Waals surface area contributed by atoms with E-state index in [4.69, 9.17) is 4.42 Å². The second-order valence-corrected chi connectivity index (χ2v) is 4.90. The minimum absolute atomic E-state index is 0.636. The van der Waals surface area contributed by atoms with Crippen LogP contribution in [0.25, 0.3) is 0 Å². The molecule has 84 valence electrons. The highest BCUT2D eigenvalue weighted by Gasteiger charge is 2.06. The van der Waals surface area contributed by atoms with Gasteiger partial charge in [0.15, 0.2) is 4.67 Å². The van der Waals surface area contributed by atoms with Crippen molar-refractivity contribution in [3.05, 3.63) is 45.0 Å². The van der Waals surface area contributed by atoms with Crippen LogP contribution < -0.4 is 5.32 Å². The Morgan fingerprint density at radius 3 is 2.88 bits per heavy atom. The van der Waals surface area contributed by atoms with Crippen molar-refractivity contribution in [3.63, 3.8) is 0 Å². The molecule has 0 aliphatic rings. The fourth-order valence-electron chi connectivity index (χ4n) is 1.33. The van der Waals surface area contributed by atoms with Crippen LogP contribution in [0.1, 0.15) is 11.5 Å². The minimum Gasteiger partial charge on any atom is -0.451 e. The van der Waals surface area contributed by atoms with Crippen molar-refractivity contribution >= 4 is 37.5 Å². The van der Waals surface area contributed by atoms with Crippen molar-refractivity contribution in [2.45, 2.75) is 13.5 Å². The molecule has 16 heavy (non-hydrogen) atoms. The van der Waals surface area contributed by atoms with Crippen molar-refractivity contribution in [1.82, 2.24) is 4.98 Å². The largest absolute Gasteiger partial charge is 0.451 e. The van der Waals surface area contributed by atoms with E-state index >= 15 is 0 Å². The van der Waals surface area contributed by atoms with Crippen molar-refractivity contribution < 1.29 is 4.42 Å². The van der Waals surface area contributed by atoms with E-state index in [0.717, 1.165) is 21.6 Å². The Balaban J connectivity index is 2.05. The minimum atomic E-state index is 0.636. The predicted octanol–water partition coefficient (Wildman–Crippen LogP) is 4.12. The van der Waals surface area contributed by atoms with Crippen LogP contribution in [0.15, 0.2) is 38.0 Å². The van der Waals surface area contributed by atoms with E-state index in [0.29, 0.717) is 11.2 Å². The Kier molecular flexibility index (Phi) is 3.66. The maximum Gasteiger partial charge on any atom is 0.183 e. The third-order valence-electron chi connectivity index (χ3n) is 2.16. The van der Waals surface area contributed by atoms with Crippen LogP contribution in [0.4, 0.5) is 5.69 Å². The molecule has 0 bridgehead atoms. The van der Waals surface area contributed by atoms with E-state index in [1.54, 1.807) is 6.20 Å². The number of aromatic nitrogens is 1. The zero-order chi connectivity index (χ0) is 11.5. The molecule has 0 aliphatic carbocycles. The maximum atomic E-state index is 5.46. The average molecular weight is 346 g/mol. The van der Waals surface area contributed by atoms with Gasteiger partial charge in [0.1, 0.15) is 5.76 Å². The van der Waals surface area contributed by atoms with Gasteiger partial charge >= 0.3 is 0 Å². The zero-order valence-electron chi connectivity index (χ0n) is 8.63. The van der Waals surface area contributed by atoms with Gasteiger partial charge in [-0.05, 0) is 57.0 Å². The summed E-state index contributed by atoms with van der Waals surface area (Å²) >= 11 is 6.68. The van der Waals surface area contributed by atoms with Crippen LogP contribution in [0, 0.1) is 6.92 Å². The summed E-state index contributed by atoms with van der Waals surface area (Å²) in [6.07, 6.45) is 1.78. The van der Waals surface area contributed by atoms with Gasteiger partial charge in [-0.2, -0.15) is 0 Å². The van der Waals surface area contributed by atoms with Crippen LogP contribution in [0.3, 0.4) is 0 Å². The van der Waals surface area contributed by atoms with E-state index in [1.807, 2.05) is 25.1 Å². The molecule has 0 aliphatic heterocycles. The number of pyridine rings is 1. The van der Waals surface area contributed by atoms with Gasteiger partial charge in [-0.1, -0.05) is 0 Å². The molecule has 0 saturated heterocycles. The molecule has 2 aromatic heterocycles. The number of anilines is 1. The summed E-state index contributed by atoms with van der Waals surface area (Å²) in [5, 5.41) is 3.27. The Hall–Kier alpha value is -0.810. The van der Waals surface area contributed by atoms with Crippen LogP contribution in [0.5, 0.6) is 0 Å². The number of furan rings is 1. The first-order chi connectivity index (χ1) is 7.66. The number of aryl methyl sites for hydroxylation is 1. The Morgan fingerprint density at radius 2 is 2.25 bits per heavy atom. The predicted molar refractivity (Wildman–Crippen MR) is 70.4 cm³/mol. The highest BCUT2D eigenvalue weighted by molar-refractivity contribution is 9.13. The number of halogens is 2. The normalized spacial score (nSPS) is 10.4. The summed E-state index contributed by atoms with van der Waals surface area (Å²) in [7, 11) is 0. The number of nitrogens with one attached hydrogen (secondary N) is 1. The molecule has 0 atom stereocenters. The smallest absolute Gasteiger partial charge is 0.183 e. The lowest BCUT2D eigenvalue weighted by molar-refractivity contribution is 0.494. The highest BCUT2D eigenvalue weighted by Crippen LogP contribution is 2.27. The maximum absolute atomic E-state index is 5.46. The van der Waals surface area contributed by atoms with Gasteiger partial charge in [-0.15, -0.1) is 0 Å². The summed E-state index contributed by atoms with van der Waals surface area (Å²) < 4.78 is 7.10. The molecule has 1 N–H and O–H groups in total. The molecule has 0 fully saturated rings. The fraction of sp³-hybridized carbons (Fsp3) is 0.182. The third-order valence-corrected chi connectivity index (χ3v) is 3.87. The molecule has 0 aromatic carbocycles. The van der Waals surface area contributed by atoms with Gasteiger partial charge in [0.05, 0.1) is 22.4 Å². The average Bonchev–Trinajstić information content (AvgIpc) is 2.57. The van der Waals surface area contributed by atoms with Crippen LogP contribution in [0.2, 0.25) is 0 Å². The first-order valence-corrected chi connectivity index (χ1v) is 6.34. The van der Waals surface area contributed by atoms with Gasteiger partial charge in [-0.3, -0.25) is 4.98 Å². The summed E-state index contributed by atoms with van der Waals surface area (Å²) in [5.74, 6) is 0.863. The van der Waals surface area contributed by atoms with Crippen LogP contribution >= 0.6 is 31.9 Å². The first kappa shape index (κ1) is 11.7. The standard InChI is InChI=1S/C11H10Br2N2O/c1-7-10(3-2-4-14-7)15-6-8-5-9(12)11(13)16-8/h2-5,15H,6H2,1H3. The molecule has 3 nitrogen and oxygen atoms in total. The fourth-order valence-corrected chi connectivity index (χ4v) is 1.99. The number of rotatable bonds is 3. The van der Waals surface area contributed by atoms with Crippen molar-refractivity contribution in [1.29, 1.82) is 0 Å². The van der Waals surface area contributed by atoms with E-state index in [-0.39, 0.29) is 0 Å². The molecule has 2 rings (SSSR count). The molecular formula is C11H10Br2N2O. The SMILES string of the molecule is Cc1ncccc1NCc1cc(Br)c(Br)o1. The van der Waals surface area contributed by atoms with Gasteiger partial charge in [0, 0.05) is 6.20 Å². The van der Waals surface area contributed by atoms with Gasteiger partial charge in [0.25, 0.3) is 0 Å². The van der Waals surface area contributed by atoms with E-state index < -0.39 is 0 Å². The summed E-state index contributed by atoms with van der Waals surface area (Å²) in [6, 6.07) is 5.83. The summed E-state index contributed by atoms with van der Waals surface area (Å²) in [5.41, 5.74) is 2.00. The molecule has 5 heteroatoms. The Bertz CT molecular complexity index is 477. The summed E-state index contributed by atoms with van der Waals surface area (Å²) in [6.45, 7) is 2.60. The van der Waals surface area contributed by atoms with Crippen molar-refractivity contribution in [3.8, 4) is 0 Å². The second kappa shape index (κ2) is 5.01. The molecular weight excluding hydrogens is 336 g/mol. The third kappa shape index (κ3) is 2.65. The molecule has 0 unspecified atom stereocenters. The second-order valence-electron chi connectivity index (χ2n) is 3.32. The van der Waals surface area contributed by atoms with Gasteiger partial charge in [-0.25, -0.2) is 0 Å². The first-order valence-electron chi connectivity index (χ1n) is 4.76. The Labute approximate surface area is 111 Å². The quantitative estimate of drug-likeness (QED) is 0.909. The monoisotopic (exact) mass is 344 g/mol. The number of nitrogens with zero attached hydrogens (tertiary/aromatic N) is 1. The lowest BCUT2D eigenvalue weighted by Gasteiger charge is -2.06. The Morgan fingerprint density at radius 1 is 1.44 bits per heavy atom. The van der Waals surface area contributed by atoms with Gasteiger partial charge in [0.2, 0.25) is 0 Å². The zero-order valence-corrected chi connectivity index (χ0v) is 11.8. The topological polar surface area (TPSA) is 38.1 Å². The van der Waals surface area contributed by atoms with Crippen LogP contribution in [-0.4, -0.2) is 4.98 Å². The van der Waals surface area contributed by atoms with E-state index in [9.17, 15) is 0 Å². The van der Waals surface area contributed by atoms with E-state index in [1.165, 1.54) is 0 Å². The molecule has 0 spiro atoms.